The summed E-state index contributed by atoms with van der Waals surface area (Å²) in [6, 6.07) is 7.24. The minimum absolute atomic E-state index is 0. The van der Waals surface area contributed by atoms with E-state index in [0.29, 0.717) is 12.1 Å². The second-order valence-corrected chi connectivity index (χ2v) is 2.51. The van der Waals surface area contributed by atoms with Crippen LogP contribution in [0.25, 0.3) is 0 Å². The van der Waals surface area contributed by atoms with Crippen molar-refractivity contribution in [1.82, 2.24) is 0 Å². The van der Waals surface area contributed by atoms with Crippen LogP contribution in [0.3, 0.4) is 0 Å². The van der Waals surface area contributed by atoms with Gasteiger partial charge in [-0.1, -0.05) is 17.3 Å². The Balaban J connectivity index is 0.00000144. The standard InChI is InChI=1S/C8H11N3O.ClH/c9-7-3-1-6(2-4-7)5-8(10)11-12;/h1-4,12H,5,9H2,(H2,10,11);1H. The Morgan fingerprint density at radius 1 is 1.31 bits per heavy atom. The maximum atomic E-state index is 8.29. The zero-order chi connectivity index (χ0) is 8.97. The van der Waals surface area contributed by atoms with Crippen molar-refractivity contribution in [2.75, 3.05) is 5.73 Å². The number of amidine groups is 1. The van der Waals surface area contributed by atoms with Gasteiger partial charge >= 0.3 is 0 Å². The van der Waals surface area contributed by atoms with E-state index in [2.05, 4.69) is 5.16 Å². The SMILES string of the molecule is Cl.N/C(Cc1ccc(N)cc1)=N\O. The second-order valence-electron chi connectivity index (χ2n) is 2.51. The number of rotatable bonds is 2. The van der Waals surface area contributed by atoms with Crippen LogP contribution in [-0.4, -0.2) is 11.0 Å². The van der Waals surface area contributed by atoms with Gasteiger partial charge in [0.15, 0.2) is 0 Å². The lowest BCUT2D eigenvalue weighted by Crippen LogP contribution is -2.14. The van der Waals surface area contributed by atoms with E-state index >= 15 is 0 Å². The Morgan fingerprint density at radius 3 is 2.31 bits per heavy atom. The molecule has 0 aliphatic carbocycles. The number of hydrogen-bond donors (Lipinski definition) is 3. The number of oxime groups is 1. The molecule has 0 atom stereocenters. The summed E-state index contributed by atoms with van der Waals surface area (Å²) in [7, 11) is 0. The molecule has 5 N–H and O–H groups in total. The molecule has 1 aromatic carbocycles. The second kappa shape index (κ2) is 5.27. The average Bonchev–Trinajstić information content (AvgIpc) is 2.09. The van der Waals surface area contributed by atoms with Crippen LogP contribution in [0.5, 0.6) is 0 Å². The summed E-state index contributed by atoms with van der Waals surface area (Å²) in [5, 5.41) is 11.2. The number of halogens is 1. The number of hydrogen-bond acceptors (Lipinski definition) is 3. The average molecular weight is 202 g/mol. The van der Waals surface area contributed by atoms with E-state index in [0.717, 1.165) is 5.56 Å². The lowest BCUT2D eigenvalue weighted by atomic mass is 10.1. The Hall–Kier alpha value is -1.42. The molecule has 1 aromatic rings. The first kappa shape index (κ1) is 11.6. The van der Waals surface area contributed by atoms with Crippen LogP contribution in [0.1, 0.15) is 5.56 Å². The Bertz CT molecular complexity index is 284. The molecule has 0 spiro atoms. The van der Waals surface area contributed by atoms with E-state index in [1.165, 1.54) is 0 Å². The van der Waals surface area contributed by atoms with Gasteiger partial charge in [-0.2, -0.15) is 0 Å². The van der Waals surface area contributed by atoms with Crippen LogP contribution in [0.15, 0.2) is 29.4 Å². The molecular weight excluding hydrogens is 190 g/mol. The lowest BCUT2D eigenvalue weighted by molar-refractivity contribution is 0.317. The van der Waals surface area contributed by atoms with Crippen molar-refractivity contribution in [1.29, 1.82) is 0 Å². The minimum atomic E-state index is 0. The third kappa shape index (κ3) is 3.66. The van der Waals surface area contributed by atoms with Gasteiger partial charge < -0.3 is 16.7 Å². The van der Waals surface area contributed by atoms with Crippen LogP contribution in [0.2, 0.25) is 0 Å². The molecule has 0 bridgehead atoms. The molecule has 0 amide bonds. The largest absolute Gasteiger partial charge is 0.409 e. The van der Waals surface area contributed by atoms with Gasteiger partial charge in [0.25, 0.3) is 0 Å². The summed E-state index contributed by atoms with van der Waals surface area (Å²) in [5.74, 6) is 0.194. The van der Waals surface area contributed by atoms with Gasteiger partial charge in [-0.3, -0.25) is 0 Å². The zero-order valence-corrected chi connectivity index (χ0v) is 7.79. The van der Waals surface area contributed by atoms with E-state index in [-0.39, 0.29) is 18.2 Å². The van der Waals surface area contributed by atoms with Gasteiger partial charge in [0.05, 0.1) is 0 Å². The molecule has 72 valence electrons. The topological polar surface area (TPSA) is 84.6 Å². The summed E-state index contributed by atoms with van der Waals surface area (Å²) >= 11 is 0. The number of nitrogens with two attached hydrogens (primary N) is 2. The third-order valence-electron chi connectivity index (χ3n) is 1.49. The van der Waals surface area contributed by atoms with Crippen molar-refractivity contribution in [2.45, 2.75) is 6.42 Å². The molecule has 13 heavy (non-hydrogen) atoms. The number of nitrogen functional groups attached to an aromatic ring is 1. The van der Waals surface area contributed by atoms with E-state index < -0.39 is 0 Å². The van der Waals surface area contributed by atoms with Gasteiger partial charge in [0, 0.05) is 12.1 Å². The van der Waals surface area contributed by atoms with Crippen molar-refractivity contribution in [3.8, 4) is 0 Å². The third-order valence-corrected chi connectivity index (χ3v) is 1.49. The predicted molar refractivity (Wildman–Crippen MR) is 55.2 cm³/mol. The van der Waals surface area contributed by atoms with E-state index in [1.54, 1.807) is 12.1 Å². The molecule has 5 heteroatoms. The highest BCUT2D eigenvalue weighted by Crippen LogP contribution is 2.05. The van der Waals surface area contributed by atoms with Crippen LogP contribution < -0.4 is 11.5 Å². The van der Waals surface area contributed by atoms with Gasteiger partial charge in [-0.05, 0) is 17.7 Å². The fraction of sp³-hybridized carbons (Fsp3) is 0.125. The molecule has 4 nitrogen and oxygen atoms in total. The fourth-order valence-corrected chi connectivity index (χ4v) is 0.880. The Morgan fingerprint density at radius 2 is 1.85 bits per heavy atom. The van der Waals surface area contributed by atoms with Crippen molar-refractivity contribution < 1.29 is 5.21 Å². The highest BCUT2D eigenvalue weighted by Gasteiger charge is 1.95. The molecular formula is C8H12ClN3O. The van der Waals surface area contributed by atoms with E-state index in [4.69, 9.17) is 16.7 Å². The molecule has 0 aliphatic heterocycles. The maximum absolute atomic E-state index is 8.29. The fourth-order valence-electron chi connectivity index (χ4n) is 0.880. The Labute approximate surface area is 82.6 Å². The molecule has 0 saturated heterocycles. The van der Waals surface area contributed by atoms with Crippen LogP contribution in [-0.2, 0) is 6.42 Å². The van der Waals surface area contributed by atoms with Gasteiger partial charge in [-0.15, -0.1) is 12.4 Å². The maximum Gasteiger partial charge on any atom is 0.143 e. The van der Waals surface area contributed by atoms with Crippen LogP contribution >= 0.6 is 12.4 Å². The smallest absolute Gasteiger partial charge is 0.143 e. The molecule has 0 saturated carbocycles. The first-order valence-corrected chi connectivity index (χ1v) is 3.53. The molecule has 0 unspecified atom stereocenters. The monoisotopic (exact) mass is 201 g/mol. The molecule has 0 heterocycles. The van der Waals surface area contributed by atoms with Crippen molar-refractivity contribution in [2.24, 2.45) is 10.9 Å². The molecule has 0 radical (unpaired) electrons. The summed E-state index contributed by atoms with van der Waals surface area (Å²) in [6.45, 7) is 0. The number of anilines is 1. The first-order chi connectivity index (χ1) is 5.72. The van der Waals surface area contributed by atoms with Gasteiger partial charge in [-0.25, -0.2) is 0 Å². The van der Waals surface area contributed by atoms with Crippen molar-refractivity contribution >= 4 is 23.9 Å². The highest BCUT2D eigenvalue weighted by molar-refractivity contribution is 5.85. The number of benzene rings is 1. The van der Waals surface area contributed by atoms with Crippen LogP contribution in [0, 0.1) is 0 Å². The lowest BCUT2D eigenvalue weighted by Gasteiger charge is -1.99. The number of nitrogens with zero attached hydrogens (tertiary/aromatic N) is 1. The summed E-state index contributed by atoms with van der Waals surface area (Å²) in [4.78, 5) is 0. The quantitative estimate of drug-likeness (QED) is 0.219. The summed E-state index contributed by atoms with van der Waals surface area (Å²) in [6.07, 6.45) is 0.441. The molecule has 0 fully saturated rings. The normalized spacial score (nSPS) is 10.6. The van der Waals surface area contributed by atoms with Crippen molar-refractivity contribution in [3.63, 3.8) is 0 Å². The molecule has 1 rings (SSSR count). The summed E-state index contributed by atoms with van der Waals surface area (Å²) in [5.41, 5.74) is 12.5. The summed E-state index contributed by atoms with van der Waals surface area (Å²) < 4.78 is 0. The zero-order valence-electron chi connectivity index (χ0n) is 6.97. The highest BCUT2D eigenvalue weighted by atomic mass is 35.5. The van der Waals surface area contributed by atoms with Gasteiger partial charge in [0.1, 0.15) is 5.84 Å². The first-order valence-electron chi connectivity index (χ1n) is 3.53. The minimum Gasteiger partial charge on any atom is -0.409 e. The van der Waals surface area contributed by atoms with Crippen molar-refractivity contribution in [3.05, 3.63) is 29.8 Å². The predicted octanol–water partition coefficient (Wildman–Crippen LogP) is 0.980. The Kier molecular flexibility index (Phi) is 4.69. The van der Waals surface area contributed by atoms with E-state index in [9.17, 15) is 0 Å². The van der Waals surface area contributed by atoms with E-state index in [1.807, 2.05) is 12.1 Å². The molecule has 0 aromatic heterocycles. The molecule has 0 aliphatic rings. The van der Waals surface area contributed by atoms with Crippen LogP contribution in [0.4, 0.5) is 5.69 Å². The van der Waals surface area contributed by atoms with Gasteiger partial charge in [0.2, 0.25) is 0 Å².